The van der Waals surface area contributed by atoms with Crippen LogP contribution in [0.3, 0.4) is 0 Å². The minimum absolute atomic E-state index is 0.0469. The summed E-state index contributed by atoms with van der Waals surface area (Å²) in [5.74, 6) is 0.768. The summed E-state index contributed by atoms with van der Waals surface area (Å²) in [6.45, 7) is 1.58. The average molecular weight is 431 g/mol. The molecule has 8 heteroatoms. The lowest BCUT2D eigenvalue weighted by Crippen LogP contribution is -2.24. The van der Waals surface area contributed by atoms with E-state index < -0.39 is 0 Å². The van der Waals surface area contributed by atoms with Crippen molar-refractivity contribution >= 4 is 33.9 Å². The fourth-order valence-electron chi connectivity index (χ4n) is 4.23. The largest absolute Gasteiger partial charge is 0.496 e. The van der Waals surface area contributed by atoms with Gasteiger partial charge in [-0.15, -0.1) is 0 Å². The summed E-state index contributed by atoms with van der Waals surface area (Å²) in [7, 11) is 1.61. The van der Waals surface area contributed by atoms with E-state index in [1.807, 2.05) is 53.1 Å². The second kappa shape index (κ2) is 8.47. The molecule has 1 atom stereocenters. The molecular formula is C24H25N5O3. The van der Waals surface area contributed by atoms with Crippen molar-refractivity contribution in [2.75, 3.05) is 19.5 Å². The van der Waals surface area contributed by atoms with Crippen molar-refractivity contribution < 1.29 is 14.3 Å². The van der Waals surface area contributed by atoms with Crippen LogP contribution < -0.4 is 15.8 Å². The first kappa shape index (κ1) is 20.3. The monoisotopic (exact) mass is 431 g/mol. The van der Waals surface area contributed by atoms with Crippen molar-refractivity contribution in [1.82, 2.24) is 19.9 Å². The molecule has 3 N–H and O–H groups in total. The first-order chi connectivity index (χ1) is 15.7. The normalized spacial score (nSPS) is 16.0. The quantitative estimate of drug-likeness (QED) is 0.486. The number of ether oxygens (including phenoxy) is 2. The van der Waals surface area contributed by atoms with E-state index in [1.165, 1.54) is 0 Å². The van der Waals surface area contributed by atoms with E-state index in [4.69, 9.17) is 25.2 Å². The Balaban J connectivity index is 1.55. The number of benzene rings is 2. The van der Waals surface area contributed by atoms with Crippen LogP contribution in [0.4, 0.5) is 5.82 Å². The second-order valence-corrected chi connectivity index (χ2v) is 7.88. The zero-order chi connectivity index (χ0) is 22.1. The molecule has 1 fully saturated rings. The van der Waals surface area contributed by atoms with Crippen molar-refractivity contribution in [1.29, 1.82) is 0 Å². The van der Waals surface area contributed by atoms with E-state index in [1.54, 1.807) is 7.11 Å². The minimum atomic E-state index is -0.297. The first-order valence-electron chi connectivity index (χ1n) is 10.7. The number of hydrogen-bond acceptors (Lipinski definition) is 6. The van der Waals surface area contributed by atoms with Gasteiger partial charge in [-0.3, -0.25) is 4.79 Å². The number of carbonyl (C=O) groups excluding carboxylic acids is 1. The lowest BCUT2D eigenvalue weighted by atomic mass is 10.2. The molecule has 1 aliphatic heterocycles. The van der Waals surface area contributed by atoms with Gasteiger partial charge < -0.3 is 25.1 Å². The predicted octanol–water partition coefficient (Wildman–Crippen LogP) is 3.28. The SMILES string of the molecule is COc1ccccc1CNC(=O)c1c(N)n(C[C@H]2CCCO2)c2nc3ccccc3nc12. The summed E-state index contributed by atoms with van der Waals surface area (Å²) in [6, 6.07) is 15.2. The molecule has 3 heterocycles. The van der Waals surface area contributed by atoms with Gasteiger partial charge in [0.15, 0.2) is 5.65 Å². The summed E-state index contributed by atoms with van der Waals surface area (Å²) >= 11 is 0. The van der Waals surface area contributed by atoms with Gasteiger partial charge in [0.1, 0.15) is 22.6 Å². The molecule has 5 rings (SSSR count). The van der Waals surface area contributed by atoms with Gasteiger partial charge in [0.2, 0.25) is 0 Å². The van der Waals surface area contributed by atoms with Crippen molar-refractivity contribution in [3.05, 3.63) is 59.7 Å². The van der Waals surface area contributed by atoms with Gasteiger partial charge in [0.05, 0.1) is 30.8 Å². The summed E-state index contributed by atoms with van der Waals surface area (Å²) in [5, 5.41) is 2.97. The van der Waals surface area contributed by atoms with Gasteiger partial charge in [0.25, 0.3) is 5.91 Å². The topological polar surface area (TPSA) is 104 Å². The van der Waals surface area contributed by atoms with E-state index in [-0.39, 0.29) is 12.0 Å². The molecule has 0 bridgehead atoms. The molecule has 2 aromatic carbocycles. The second-order valence-electron chi connectivity index (χ2n) is 7.88. The van der Waals surface area contributed by atoms with Gasteiger partial charge >= 0.3 is 0 Å². The van der Waals surface area contributed by atoms with Crippen molar-refractivity contribution in [2.24, 2.45) is 0 Å². The number of nitrogens with zero attached hydrogens (tertiary/aromatic N) is 3. The molecule has 0 radical (unpaired) electrons. The van der Waals surface area contributed by atoms with Crippen LogP contribution in [0.1, 0.15) is 28.8 Å². The molecule has 32 heavy (non-hydrogen) atoms. The molecule has 2 aromatic heterocycles. The van der Waals surface area contributed by atoms with Crippen LogP contribution in [0.2, 0.25) is 0 Å². The molecule has 8 nitrogen and oxygen atoms in total. The molecule has 1 amide bonds. The Hall–Kier alpha value is -3.65. The Labute approximate surface area is 185 Å². The number of anilines is 1. The highest BCUT2D eigenvalue weighted by Gasteiger charge is 2.26. The Morgan fingerprint density at radius 2 is 1.94 bits per heavy atom. The summed E-state index contributed by atoms with van der Waals surface area (Å²) < 4.78 is 13.1. The molecule has 1 aliphatic rings. The van der Waals surface area contributed by atoms with Gasteiger partial charge in [-0.25, -0.2) is 9.97 Å². The van der Waals surface area contributed by atoms with Crippen LogP contribution in [0, 0.1) is 0 Å². The predicted molar refractivity (Wildman–Crippen MR) is 123 cm³/mol. The van der Waals surface area contributed by atoms with E-state index in [0.29, 0.717) is 46.9 Å². The molecule has 1 saturated heterocycles. The average Bonchev–Trinajstić information content (AvgIpc) is 3.43. The number of hydrogen-bond donors (Lipinski definition) is 2. The Morgan fingerprint density at radius 1 is 1.19 bits per heavy atom. The van der Waals surface area contributed by atoms with Gasteiger partial charge in [-0.05, 0) is 31.0 Å². The number of nitrogens with two attached hydrogens (primary N) is 1. The van der Waals surface area contributed by atoms with Crippen LogP contribution in [-0.4, -0.2) is 40.3 Å². The van der Waals surface area contributed by atoms with Crippen LogP contribution >= 0.6 is 0 Å². The van der Waals surface area contributed by atoms with Gasteiger partial charge in [0, 0.05) is 18.7 Å². The van der Waals surface area contributed by atoms with Crippen LogP contribution in [-0.2, 0) is 17.8 Å². The van der Waals surface area contributed by atoms with E-state index in [2.05, 4.69) is 5.32 Å². The number of aromatic nitrogens is 3. The molecule has 0 spiro atoms. The maximum absolute atomic E-state index is 13.3. The standard InChI is InChI=1S/C24H25N5O3/c1-31-19-11-5-2-7-15(19)13-26-24(30)20-21-23(28-18-10-4-3-9-17(18)27-21)29(22(20)25)14-16-8-6-12-32-16/h2-5,7,9-11,16H,6,8,12-14,25H2,1H3,(H,26,30)/t16-/m1/s1. The lowest BCUT2D eigenvalue weighted by Gasteiger charge is -2.13. The number of fused-ring (bicyclic) bond motifs is 2. The Bertz CT molecular complexity index is 1290. The molecular weight excluding hydrogens is 406 g/mol. The third kappa shape index (κ3) is 3.62. The summed E-state index contributed by atoms with van der Waals surface area (Å²) in [5.41, 5.74) is 10.3. The highest BCUT2D eigenvalue weighted by atomic mass is 16.5. The maximum Gasteiger partial charge on any atom is 0.257 e. The molecule has 164 valence electrons. The lowest BCUT2D eigenvalue weighted by molar-refractivity contribution is 0.0946. The Kier molecular flexibility index (Phi) is 5.36. The Morgan fingerprint density at radius 3 is 2.69 bits per heavy atom. The summed E-state index contributed by atoms with van der Waals surface area (Å²) in [6.07, 6.45) is 2.02. The number of rotatable bonds is 6. The van der Waals surface area contributed by atoms with Crippen molar-refractivity contribution in [3.8, 4) is 5.75 Å². The highest BCUT2D eigenvalue weighted by Crippen LogP contribution is 2.29. The third-order valence-corrected chi connectivity index (χ3v) is 5.86. The molecule has 0 aliphatic carbocycles. The van der Waals surface area contributed by atoms with Gasteiger partial charge in [-0.2, -0.15) is 0 Å². The van der Waals surface area contributed by atoms with E-state index in [0.717, 1.165) is 30.5 Å². The zero-order valence-electron chi connectivity index (χ0n) is 17.9. The first-order valence-corrected chi connectivity index (χ1v) is 10.7. The molecule has 4 aromatic rings. The number of nitrogens with one attached hydrogen (secondary N) is 1. The van der Waals surface area contributed by atoms with Crippen LogP contribution in [0.15, 0.2) is 48.5 Å². The highest BCUT2D eigenvalue weighted by molar-refractivity contribution is 6.10. The number of amides is 1. The van der Waals surface area contributed by atoms with Gasteiger partial charge in [-0.1, -0.05) is 30.3 Å². The third-order valence-electron chi connectivity index (χ3n) is 5.86. The number of carbonyl (C=O) groups is 1. The van der Waals surface area contributed by atoms with Crippen molar-refractivity contribution in [3.63, 3.8) is 0 Å². The maximum atomic E-state index is 13.3. The minimum Gasteiger partial charge on any atom is -0.496 e. The van der Waals surface area contributed by atoms with Crippen LogP contribution in [0.5, 0.6) is 5.75 Å². The number of nitrogen functional groups attached to an aromatic ring is 1. The zero-order valence-corrected chi connectivity index (χ0v) is 17.9. The van der Waals surface area contributed by atoms with E-state index in [9.17, 15) is 4.79 Å². The molecule has 0 unspecified atom stereocenters. The number of para-hydroxylation sites is 3. The number of methoxy groups -OCH3 is 1. The van der Waals surface area contributed by atoms with E-state index >= 15 is 0 Å². The molecule has 0 saturated carbocycles. The fraction of sp³-hybridized carbons (Fsp3) is 0.292. The van der Waals surface area contributed by atoms with Crippen molar-refractivity contribution in [2.45, 2.75) is 32.0 Å². The smallest absolute Gasteiger partial charge is 0.257 e. The fourth-order valence-corrected chi connectivity index (χ4v) is 4.23. The van der Waals surface area contributed by atoms with Crippen LogP contribution in [0.25, 0.3) is 22.2 Å². The summed E-state index contributed by atoms with van der Waals surface area (Å²) in [4.78, 5) is 22.8.